The van der Waals surface area contributed by atoms with Crippen molar-refractivity contribution in [3.63, 3.8) is 0 Å². The molecule has 114 valence electrons. The summed E-state index contributed by atoms with van der Waals surface area (Å²) in [4.78, 5) is 13.7. The summed E-state index contributed by atoms with van der Waals surface area (Å²) in [7, 11) is 0. The molecule has 0 radical (unpaired) electrons. The molecular weight excluding hydrogens is 270 g/mol. The molecular formula is C15H27N3OS. The van der Waals surface area contributed by atoms with E-state index in [0.29, 0.717) is 24.0 Å². The third kappa shape index (κ3) is 3.84. The molecule has 2 N–H and O–H groups in total. The van der Waals surface area contributed by atoms with E-state index in [1.165, 1.54) is 19.3 Å². The highest BCUT2D eigenvalue weighted by Crippen LogP contribution is 2.34. The number of carbonyl (C=O) groups excluding carboxylic acids is 1. The van der Waals surface area contributed by atoms with Crippen LogP contribution in [0.1, 0.15) is 52.9 Å². The van der Waals surface area contributed by atoms with Gasteiger partial charge in [-0.1, -0.05) is 13.8 Å². The summed E-state index contributed by atoms with van der Waals surface area (Å²) in [5, 5.41) is 7.41. The minimum atomic E-state index is 0.0852. The molecule has 20 heavy (non-hydrogen) atoms. The Bertz CT molecular complexity index is 358. The van der Waals surface area contributed by atoms with Crippen molar-refractivity contribution in [1.29, 1.82) is 0 Å². The van der Waals surface area contributed by atoms with E-state index in [9.17, 15) is 4.79 Å². The normalized spacial score (nSPS) is 29.2. The predicted octanol–water partition coefficient (Wildman–Crippen LogP) is 2.04. The van der Waals surface area contributed by atoms with E-state index in [1.807, 2.05) is 0 Å². The van der Waals surface area contributed by atoms with E-state index in [0.717, 1.165) is 24.5 Å². The first-order valence-corrected chi connectivity index (χ1v) is 8.21. The lowest BCUT2D eigenvalue weighted by atomic mass is 9.82. The first kappa shape index (κ1) is 15.5. The van der Waals surface area contributed by atoms with Gasteiger partial charge in [-0.25, -0.2) is 0 Å². The fourth-order valence-electron chi connectivity index (χ4n) is 3.50. The second-order valence-corrected chi connectivity index (χ2v) is 6.98. The van der Waals surface area contributed by atoms with Gasteiger partial charge in [0.25, 0.3) is 0 Å². The Kier molecular flexibility index (Phi) is 5.24. The Morgan fingerprint density at radius 3 is 2.40 bits per heavy atom. The molecule has 2 bridgehead atoms. The van der Waals surface area contributed by atoms with Crippen molar-refractivity contribution in [2.45, 2.75) is 71.0 Å². The second kappa shape index (κ2) is 6.74. The SMILES string of the molecule is CC(=O)NC1C[C@H]2CCC[C@@H](C1)N2C(=S)NCC(C)C. The molecule has 1 amide bonds. The Morgan fingerprint density at radius 1 is 1.30 bits per heavy atom. The molecule has 1 unspecified atom stereocenters. The molecule has 3 atom stereocenters. The molecule has 4 nitrogen and oxygen atoms in total. The third-order valence-corrected chi connectivity index (χ3v) is 4.63. The molecule has 2 fully saturated rings. The topological polar surface area (TPSA) is 44.4 Å². The highest BCUT2D eigenvalue weighted by atomic mass is 32.1. The average Bonchev–Trinajstić information content (AvgIpc) is 2.34. The average molecular weight is 297 g/mol. The summed E-state index contributed by atoms with van der Waals surface area (Å²) in [5.74, 6) is 0.687. The number of amides is 1. The van der Waals surface area contributed by atoms with E-state index in [1.54, 1.807) is 6.92 Å². The highest BCUT2D eigenvalue weighted by molar-refractivity contribution is 7.80. The molecule has 0 spiro atoms. The Hall–Kier alpha value is -0.840. The largest absolute Gasteiger partial charge is 0.362 e. The van der Waals surface area contributed by atoms with Crippen LogP contribution in [0, 0.1) is 5.92 Å². The summed E-state index contributed by atoms with van der Waals surface area (Å²) in [6, 6.07) is 1.31. The van der Waals surface area contributed by atoms with Crippen LogP contribution in [0.5, 0.6) is 0 Å². The maximum Gasteiger partial charge on any atom is 0.217 e. The number of hydrogen-bond donors (Lipinski definition) is 2. The van der Waals surface area contributed by atoms with Crippen LogP contribution in [-0.2, 0) is 4.79 Å². The Labute approximate surface area is 127 Å². The van der Waals surface area contributed by atoms with Crippen LogP contribution in [0.25, 0.3) is 0 Å². The predicted molar refractivity (Wildman–Crippen MR) is 85.5 cm³/mol. The molecule has 0 aromatic rings. The number of thiocarbonyl (C=S) groups is 1. The highest BCUT2D eigenvalue weighted by Gasteiger charge is 2.39. The molecule has 0 saturated carbocycles. The van der Waals surface area contributed by atoms with Crippen LogP contribution in [0.15, 0.2) is 0 Å². The Morgan fingerprint density at radius 2 is 1.90 bits per heavy atom. The van der Waals surface area contributed by atoms with Gasteiger partial charge in [0.05, 0.1) is 0 Å². The second-order valence-electron chi connectivity index (χ2n) is 6.59. The van der Waals surface area contributed by atoms with Gasteiger partial charge in [0.2, 0.25) is 5.91 Å². The van der Waals surface area contributed by atoms with E-state index in [2.05, 4.69) is 29.4 Å². The van der Waals surface area contributed by atoms with Crippen LogP contribution in [-0.4, -0.2) is 40.6 Å². The quantitative estimate of drug-likeness (QED) is 0.783. The number of carbonyl (C=O) groups is 1. The van der Waals surface area contributed by atoms with Gasteiger partial charge in [-0.3, -0.25) is 4.79 Å². The van der Waals surface area contributed by atoms with Gasteiger partial charge in [0.15, 0.2) is 5.11 Å². The zero-order chi connectivity index (χ0) is 14.7. The van der Waals surface area contributed by atoms with E-state index < -0.39 is 0 Å². The van der Waals surface area contributed by atoms with Crippen LogP contribution >= 0.6 is 12.2 Å². The van der Waals surface area contributed by atoms with Gasteiger partial charge in [0, 0.05) is 31.6 Å². The lowest BCUT2D eigenvalue weighted by Crippen LogP contribution is -2.60. The zero-order valence-corrected chi connectivity index (χ0v) is 13.6. The van der Waals surface area contributed by atoms with Crippen molar-refractivity contribution < 1.29 is 4.79 Å². The van der Waals surface area contributed by atoms with E-state index in [4.69, 9.17) is 12.2 Å². The molecule has 2 aliphatic heterocycles. The van der Waals surface area contributed by atoms with Crippen LogP contribution in [0.3, 0.4) is 0 Å². The summed E-state index contributed by atoms with van der Waals surface area (Å²) >= 11 is 5.60. The first-order chi connectivity index (χ1) is 9.47. The van der Waals surface area contributed by atoms with Crippen LogP contribution in [0.2, 0.25) is 0 Å². The number of fused-ring (bicyclic) bond motifs is 2. The maximum atomic E-state index is 11.3. The molecule has 5 heteroatoms. The van der Waals surface area contributed by atoms with Crippen molar-refractivity contribution in [2.75, 3.05) is 6.54 Å². The lowest BCUT2D eigenvalue weighted by Gasteiger charge is -2.50. The number of rotatable bonds is 3. The van der Waals surface area contributed by atoms with E-state index in [-0.39, 0.29) is 5.91 Å². The van der Waals surface area contributed by atoms with Gasteiger partial charge in [-0.15, -0.1) is 0 Å². The molecule has 0 aliphatic carbocycles. The summed E-state index contributed by atoms with van der Waals surface area (Å²) in [5.41, 5.74) is 0. The molecule has 0 aromatic heterocycles. The summed E-state index contributed by atoms with van der Waals surface area (Å²) in [6.07, 6.45) is 5.72. The molecule has 2 aliphatic rings. The molecule has 2 rings (SSSR count). The van der Waals surface area contributed by atoms with Crippen molar-refractivity contribution in [1.82, 2.24) is 15.5 Å². The summed E-state index contributed by atoms with van der Waals surface area (Å²) in [6.45, 7) is 6.93. The number of piperidine rings is 2. The fourth-order valence-corrected chi connectivity index (χ4v) is 3.88. The van der Waals surface area contributed by atoms with Crippen LogP contribution in [0.4, 0.5) is 0 Å². The molecule has 2 heterocycles. The minimum Gasteiger partial charge on any atom is -0.362 e. The summed E-state index contributed by atoms with van der Waals surface area (Å²) < 4.78 is 0. The zero-order valence-electron chi connectivity index (χ0n) is 12.8. The van der Waals surface area contributed by atoms with Gasteiger partial charge >= 0.3 is 0 Å². The minimum absolute atomic E-state index is 0.0852. The number of hydrogen-bond acceptors (Lipinski definition) is 2. The van der Waals surface area contributed by atoms with Gasteiger partial charge < -0.3 is 15.5 Å². The van der Waals surface area contributed by atoms with Crippen LogP contribution < -0.4 is 10.6 Å². The Balaban J connectivity index is 1.97. The smallest absolute Gasteiger partial charge is 0.217 e. The van der Waals surface area contributed by atoms with Crippen molar-refractivity contribution in [3.8, 4) is 0 Å². The lowest BCUT2D eigenvalue weighted by molar-refractivity contribution is -0.120. The molecule has 2 saturated heterocycles. The van der Waals surface area contributed by atoms with Crippen molar-refractivity contribution in [3.05, 3.63) is 0 Å². The number of nitrogens with zero attached hydrogens (tertiary/aromatic N) is 1. The monoisotopic (exact) mass is 297 g/mol. The van der Waals surface area contributed by atoms with Gasteiger partial charge in [-0.05, 0) is 50.2 Å². The van der Waals surface area contributed by atoms with Crippen molar-refractivity contribution in [2.24, 2.45) is 5.92 Å². The van der Waals surface area contributed by atoms with Gasteiger partial charge in [-0.2, -0.15) is 0 Å². The van der Waals surface area contributed by atoms with Gasteiger partial charge in [0.1, 0.15) is 0 Å². The third-order valence-electron chi connectivity index (χ3n) is 4.28. The number of nitrogens with one attached hydrogen (secondary N) is 2. The standard InChI is InChI=1S/C15H27N3OS/c1-10(2)9-16-15(20)18-13-5-4-6-14(18)8-12(7-13)17-11(3)19/h10,12-14H,4-9H2,1-3H3,(H,16,20)(H,17,19)/t12?,13-,14+. The molecule has 0 aromatic carbocycles. The maximum absolute atomic E-state index is 11.3. The first-order valence-electron chi connectivity index (χ1n) is 7.80. The fraction of sp³-hybridized carbons (Fsp3) is 0.867. The van der Waals surface area contributed by atoms with E-state index >= 15 is 0 Å². The van der Waals surface area contributed by atoms with Crippen molar-refractivity contribution >= 4 is 23.2 Å².